The van der Waals surface area contributed by atoms with Crippen LogP contribution >= 0.6 is 0 Å². The van der Waals surface area contributed by atoms with Crippen molar-refractivity contribution in [3.8, 4) is 0 Å². The smallest absolute Gasteiger partial charge is 0.286 e. The van der Waals surface area contributed by atoms with Crippen molar-refractivity contribution in [3.05, 3.63) is 77.0 Å². The van der Waals surface area contributed by atoms with E-state index in [2.05, 4.69) is 16.2 Å². The van der Waals surface area contributed by atoms with Crippen molar-refractivity contribution >= 4 is 23.8 Å². The molecular formula is C20H21N3O3. The summed E-state index contributed by atoms with van der Waals surface area (Å²) in [5.41, 5.74) is 6.98. The maximum absolute atomic E-state index is 12.3. The molecule has 26 heavy (non-hydrogen) atoms. The predicted octanol–water partition coefficient (Wildman–Crippen LogP) is 2.19. The zero-order valence-electron chi connectivity index (χ0n) is 14.7. The highest BCUT2D eigenvalue weighted by atomic mass is 16.2. The number of benzene rings is 2. The highest BCUT2D eigenvalue weighted by molar-refractivity contribution is 6.02. The van der Waals surface area contributed by atoms with E-state index >= 15 is 0 Å². The lowest BCUT2D eigenvalue weighted by molar-refractivity contribution is -0.122. The van der Waals surface area contributed by atoms with Crippen molar-refractivity contribution in [2.75, 3.05) is 0 Å². The van der Waals surface area contributed by atoms with Crippen LogP contribution in [0.4, 0.5) is 0 Å². The molecule has 0 saturated heterocycles. The molecule has 0 aliphatic heterocycles. The van der Waals surface area contributed by atoms with Gasteiger partial charge in [0.25, 0.3) is 11.8 Å². The van der Waals surface area contributed by atoms with Gasteiger partial charge in [0.05, 0.1) is 0 Å². The summed E-state index contributed by atoms with van der Waals surface area (Å²) in [6.45, 7) is 3.33. The highest BCUT2D eigenvalue weighted by Crippen LogP contribution is 2.06. The van der Waals surface area contributed by atoms with E-state index < -0.39 is 11.8 Å². The average Bonchev–Trinajstić information content (AvgIpc) is 2.66. The average molecular weight is 351 g/mol. The van der Waals surface area contributed by atoms with Crippen molar-refractivity contribution in [1.29, 1.82) is 0 Å². The van der Waals surface area contributed by atoms with Gasteiger partial charge in [-0.2, -0.15) is 0 Å². The summed E-state index contributed by atoms with van der Waals surface area (Å²) < 4.78 is 0. The molecule has 0 aliphatic rings. The van der Waals surface area contributed by atoms with Crippen molar-refractivity contribution in [2.24, 2.45) is 0 Å². The quantitative estimate of drug-likeness (QED) is 0.570. The van der Waals surface area contributed by atoms with E-state index in [0.717, 1.165) is 17.5 Å². The third-order valence-electron chi connectivity index (χ3n) is 3.58. The molecule has 6 nitrogen and oxygen atoms in total. The standard InChI is InChI=1S/C20H21N3O3/c1-3-15-9-11-17(12-10-15)19(25)22-23-20(26)18(21-14(2)24)13-16-7-5-4-6-8-16/h4-13H,3H2,1-2H3,(H,21,24)(H,22,25)(H,23,26)/b18-13-. The Morgan fingerprint density at radius 2 is 1.58 bits per heavy atom. The number of amides is 3. The van der Waals surface area contributed by atoms with E-state index in [1.54, 1.807) is 24.3 Å². The minimum atomic E-state index is -0.623. The van der Waals surface area contributed by atoms with Crippen LogP contribution in [0.1, 0.15) is 35.3 Å². The number of carbonyl (C=O) groups excluding carboxylic acids is 3. The second-order valence-electron chi connectivity index (χ2n) is 5.61. The van der Waals surface area contributed by atoms with Gasteiger partial charge in [0.1, 0.15) is 5.70 Å². The Morgan fingerprint density at radius 3 is 2.15 bits per heavy atom. The van der Waals surface area contributed by atoms with Gasteiger partial charge in [0.2, 0.25) is 5.91 Å². The molecule has 0 bridgehead atoms. The first-order chi connectivity index (χ1) is 12.5. The topological polar surface area (TPSA) is 87.3 Å². The third kappa shape index (κ3) is 5.59. The van der Waals surface area contributed by atoms with E-state index in [1.165, 1.54) is 13.0 Å². The Balaban J connectivity index is 2.05. The molecule has 3 N–H and O–H groups in total. The van der Waals surface area contributed by atoms with Gasteiger partial charge >= 0.3 is 0 Å². The van der Waals surface area contributed by atoms with Gasteiger partial charge in [0, 0.05) is 12.5 Å². The maximum atomic E-state index is 12.3. The van der Waals surface area contributed by atoms with Gasteiger partial charge in [-0.15, -0.1) is 0 Å². The Labute approximate surface area is 152 Å². The maximum Gasteiger partial charge on any atom is 0.286 e. The first-order valence-corrected chi connectivity index (χ1v) is 8.23. The summed E-state index contributed by atoms with van der Waals surface area (Å²) in [6.07, 6.45) is 2.40. The molecule has 2 aromatic carbocycles. The van der Waals surface area contributed by atoms with Crippen LogP contribution in [-0.4, -0.2) is 17.7 Å². The summed E-state index contributed by atoms with van der Waals surface area (Å²) in [5, 5.41) is 2.47. The number of carbonyl (C=O) groups is 3. The zero-order valence-corrected chi connectivity index (χ0v) is 14.7. The minimum Gasteiger partial charge on any atom is -0.322 e. The zero-order chi connectivity index (χ0) is 18.9. The molecule has 0 saturated carbocycles. The van der Waals surface area contributed by atoms with Crippen molar-refractivity contribution in [2.45, 2.75) is 20.3 Å². The molecule has 0 atom stereocenters. The summed E-state index contributed by atoms with van der Waals surface area (Å²) in [7, 11) is 0. The van der Waals surface area contributed by atoms with E-state index in [4.69, 9.17) is 0 Å². The van der Waals surface area contributed by atoms with Crippen LogP contribution < -0.4 is 16.2 Å². The molecular weight excluding hydrogens is 330 g/mol. The van der Waals surface area contributed by atoms with Crippen LogP contribution in [0.15, 0.2) is 60.3 Å². The predicted molar refractivity (Wildman–Crippen MR) is 99.7 cm³/mol. The normalized spacial score (nSPS) is 10.8. The Hall–Kier alpha value is -3.41. The molecule has 0 heterocycles. The number of hydrogen-bond acceptors (Lipinski definition) is 3. The van der Waals surface area contributed by atoms with E-state index in [9.17, 15) is 14.4 Å². The van der Waals surface area contributed by atoms with Crippen LogP contribution in [0.3, 0.4) is 0 Å². The summed E-state index contributed by atoms with van der Waals surface area (Å²) in [4.78, 5) is 35.8. The van der Waals surface area contributed by atoms with Crippen LogP contribution in [0.25, 0.3) is 6.08 Å². The Kier molecular flexibility index (Phi) is 6.68. The fourth-order valence-electron chi connectivity index (χ4n) is 2.21. The molecule has 3 amide bonds. The van der Waals surface area contributed by atoms with Crippen LogP contribution in [0.5, 0.6) is 0 Å². The first-order valence-electron chi connectivity index (χ1n) is 8.23. The van der Waals surface area contributed by atoms with Crippen molar-refractivity contribution < 1.29 is 14.4 Å². The summed E-state index contributed by atoms with van der Waals surface area (Å²) in [6, 6.07) is 16.2. The molecule has 0 spiro atoms. The van der Waals surface area contributed by atoms with Gasteiger partial charge in [-0.05, 0) is 35.8 Å². The number of hydrogen-bond donors (Lipinski definition) is 3. The molecule has 0 radical (unpaired) electrons. The number of aryl methyl sites for hydroxylation is 1. The lowest BCUT2D eigenvalue weighted by Gasteiger charge is -2.11. The van der Waals surface area contributed by atoms with Crippen molar-refractivity contribution in [3.63, 3.8) is 0 Å². The summed E-state index contributed by atoms with van der Waals surface area (Å²) >= 11 is 0. The Bertz CT molecular complexity index is 812. The molecule has 0 aromatic heterocycles. The fourth-order valence-corrected chi connectivity index (χ4v) is 2.21. The second-order valence-corrected chi connectivity index (χ2v) is 5.61. The van der Waals surface area contributed by atoms with Crippen LogP contribution in [0, 0.1) is 0 Å². The van der Waals surface area contributed by atoms with Crippen LogP contribution in [-0.2, 0) is 16.0 Å². The molecule has 0 fully saturated rings. The van der Waals surface area contributed by atoms with Crippen LogP contribution in [0.2, 0.25) is 0 Å². The molecule has 2 aromatic rings. The largest absolute Gasteiger partial charge is 0.322 e. The molecule has 0 unspecified atom stereocenters. The highest BCUT2D eigenvalue weighted by Gasteiger charge is 2.13. The lowest BCUT2D eigenvalue weighted by atomic mass is 10.1. The van der Waals surface area contributed by atoms with Gasteiger partial charge < -0.3 is 5.32 Å². The molecule has 134 valence electrons. The minimum absolute atomic E-state index is 0.0327. The summed E-state index contributed by atoms with van der Waals surface area (Å²) in [5.74, 6) is -1.45. The molecule has 6 heteroatoms. The SMILES string of the molecule is CCc1ccc(C(=O)NNC(=O)/C(=C/c2ccccc2)NC(C)=O)cc1. The van der Waals surface area contributed by atoms with Crippen molar-refractivity contribution in [1.82, 2.24) is 16.2 Å². The monoisotopic (exact) mass is 351 g/mol. The number of rotatable bonds is 5. The van der Waals surface area contributed by atoms with Gasteiger partial charge in [0.15, 0.2) is 0 Å². The van der Waals surface area contributed by atoms with Gasteiger partial charge in [-0.3, -0.25) is 25.2 Å². The van der Waals surface area contributed by atoms with E-state index in [-0.39, 0.29) is 11.6 Å². The van der Waals surface area contributed by atoms with E-state index in [0.29, 0.717) is 5.56 Å². The Morgan fingerprint density at radius 1 is 0.923 bits per heavy atom. The fraction of sp³-hybridized carbons (Fsp3) is 0.150. The lowest BCUT2D eigenvalue weighted by Crippen LogP contribution is -2.44. The molecule has 0 aliphatic carbocycles. The molecule has 2 rings (SSSR count). The third-order valence-corrected chi connectivity index (χ3v) is 3.58. The van der Waals surface area contributed by atoms with E-state index in [1.807, 2.05) is 37.3 Å². The number of nitrogens with one attached hydrogen (secondary N) is 3. The first kappa shape index (κ1) is 18.9. The van der Waals surface area contributed by atoms with Gasteiger partial charge in [-0.25, -0.2) is 0 Å². The van der Waals surface area contributed by atoms with Gasteiger partial charge in [-0.1, -0.05) is 49.4 Å². The number of hydrazine groups is 1. The second kappa shape index (κ2) is 9.17.